The molecule has 0 amide bonds. The van der Waals surface area contributed by atoms with Crippen molar-refractivity contribution in [3.63, 3.8) is 0 Å². The molecule has 9 atom stereocenters. The summed E-state index contributed by atoms with van der Waals surface area (Å²) in [6, 6.07) is 0. The minimum absolute atomic E-state index is 0.0390. The first-order valence-corrected chi connectivity index (χ1v) is 10.3. The van der Waals surface area contributed by atoms with Crippen molar-refractivity contribution in [1.82, 2.24) is 0 Å². The van der Waals surface area contributed by atoms with Crippen molar-refractivity contribution >= 4 is 11.9 Å². The van der Waals surface area contributed by atoms with Gasteiger partial charge in [-0.15, -0.1) is 0 Å². The lowest BCUT2D eigenvalue weighted by atomic mass is 9.58. The van der Waals surface area contributed by atoms with E-state index in [4.69, 9.17) is 18.9 Å². The molecule has 0 aromatic carbocycles. The van der Waals surface area contributed by atoms with Crippen LogP contribution in [0.5, 0.6) is 0 Å². The Kier molecular flexibility index (Phi) is 2.91. The van der Waals surface area contributed by atoms with E-state index in [0.717, 1.165) is 30.4 Å². The molecule has 6 rings (SSSR count). The van der Waals surface area contributed by atoms with Crippen LogP contribution in [0.2, 0.25) is 0 Å². The second kappa shape index (κ2) is 4.73. The molecule has 5 fully saturated rings. The molecule has 6 aliphatic rings. The Bertz CT molecular complexity index is 889. The van der Waals surface area contributed by atoms with Crippen LogP contribution in [0.15, 0.2) is 23.3 Å². The number of rotatable bonds is 1. The SMILES string of the molecule is C=C1CC[C@@H]2OC(=O)C(C)=C2[C@@H]2[C@@H]1[C@@]13O[C@@]1(C[C@@H](C)[C@H]3OC(C)=O)[C@H]1O[C@@]21C. The normalized spacial score (nSPS) is 55.3. The molecule has 2 saturated heterocycles. The summed E-state index contributed by atoms with van der Waals surface area (Å²) >= 11 is 0. The van der Waals surface area contributed by atoms with Crippen LogP contribution in [-0.4, -0.2) is 47.1 Å². The van der Waals surface area contributed by atoms with Crippen LogP contribution in [0.25, 0.3) is 0 Å². The van der Waals surface area contributed by atoms with Gasteiger partial charge in [-0.25, -0.2) is 4.79 Å². The van der Waals surface area contributed by atoms with E-state index in [1.807, 2.05) is 6.92 Å². The molecule has 3 aliphatic carbocycles. The number of esters is 2. The molecule has 6 nitrogen and oxygen atoms in total. The van der Waals surface area contributed by atoms with Gasteiger partial charge in [0.05, 0.1) is 0 Å². The van der Waals surface area contributed by atoms with E-state index in [2.05, 4.69) is 20.4 Å². The van der Waals surface area contributed by atoms with Gasteiger partial charge in [0.15, 0.2) is 0 Å². The molecule has 6 heteroatoms. The van der Waals surface area contributed by atoms with Crippen molar-refractivity contribution in [2.24, 2.45) is 17.8 Å². The molecule has 0 N–H and O–H groups in total. The summed E-state index contributed by atoms with van der Waals surface area (Å²) in [5, 5.41) is 0. The van der Waals surface area contributed by atoms with E-state index in [-0.39, 0.29) is 48.0 Å². The molecular weight excluding hydrogens is 360 g/mol. The van der Waals surface area contributed by atoms with Crippen LogP contribution in [0.4, 0.5) is 0 Å². The summed E-state index contributed by atoms with van der Waals surface area (Å²) in [7, 11) is 0. The molecule has 3 aliphatic heterocycles. The summed E-state index contributed by atoms with van der Waals surface area (Å²) in [4.78, 5) is 24.3. The lowest BCUT2D eigenvalue weighted by Gasteiger charge is -2.41. The zero-order valence-electron chi connectivity index (χ0n) is 16.7. The minimum Gasteiger partial charge on any atom is -0.459 e. The lowest BCUT2D eigenvalue weighted by molar-refractivity contribution is -0.155. The second-order valence-electron chi connectivity index (χ2n) is 9.80. The first-order chi connectivity index (χ1) is 13.2. The summed E-state index contributed by atoms with van der Waals surface area (Å²) in [6.45, 7) is 12.0. The van der Waals surface area contributed by atoms with Gasteiger partial charge in [0.2, 0.25) is 0 Å². The van der Waals surface area contributed by atoms with Gasteiger partial charge in [-0.1, -0.05) is 19.1 Å². The third-order valence-electron chi connectivity index (χ3n) is 8.34. The smallest absolute Gasteiger partial charge is 0.334 e. The number of carbonyl (C=O) groups is 2. The standard InChI is InChI=1S/C22H26O6/c1-9-6-7-13-14(11(3)18(24)26-13)16-15(9)22-17(25-12(4)23)10(2)8-21(22,28-22)19-20(16,5)27-19/h10,13,15-17,19H,1,6-8H2,2-5H3/t10-,13+,15-,16-,17-,19+,20+,21+,22+/m1/s1. The van der Waals surface area contributed by atoms with Crippen LogP contribution in [0, 0.1) is 17.8 Å². The maximum atomic E-state index is 12.4. The largest absolute Gasteiger partial charge is 0.459 e. The van der Waals surface area contributed by atoms with Crippen molar-refractivity contribution in [3.8, 4) is 0 Å². The van der Waals surface area contributed by atoms with Gasteiger partial charge in [-0.2, -0.15) is 0 Å². The van der Waals surface area contributed by atoms with E-state index in [0.29, 0.717) is 5.57 Å². The van der Waals surface area contributed by atoms with Gasteiger partial charge in [-0.05, 0) is 44.6 Å². The molecule has 0 bridgehead atoms. The maximum Gasteiger partial charge on any atom is 0.334 e. The fraction of sp³-hybridized carbons (Fsp3) is 0.727. The van der Waals surface area contributed by atoms with Crippen molar-refractivity contribution in [2.45, 2.75) is 82.1 Å². The summed E-state index contributed by atoms with van der Waals surface area (Å²) in [5.74, 6) is -0.411. The molecule has 0 spiro atoms. The zero-order valence-corrected chi connectivity index (χ0v) is 16.7. The highest BCUT2D eigenvalue weighted by atomic mass is 16.7. The zero-order chi connectivity index (χ0) is 19.8. The predicted octanol–water partition coefficient (Wildman–Crippen LogP) is 2.46. The Hall–Kier alpha value is -1.66. The Morgan fingerprint density at radius 2 is 2.07 bits per heavy atom. The lowest BCUT2D eigenvalue weighted by Crippen LogP contribution is -2.55. The number of fused-ring (bicyclic) bond motifs is 5. The van der Waals surface area contributed by atoms with E-state index in [1.165, 1.54) is 6.92 Å². The highest BCUT2D eigenvalue weighted by molar-refractivity contribution is 5.92. The highest BCUT2D eigenvalue weighted by Crippen LogP contribution is 2.81. The number of hydrogen-bond acceptors (Lipinski definition) is 6. The van der Waals surface area contributed by atoms with Crippen molar-refractivity contribution in [3.05, 3.63) is 23.3 Å². The van der Waals surface area contributed by atoms with E-state index in [1.54, 1.807) is 0 Å². The van der Waals surface area contributed by atoms with Crippen LogP contribution in [0.1, 0.15) is 47.0 Å². The quantitative estimate of drug-likeness (QED) is 0.391. The first kappa shape index (κ1) is 17.2. The molecular formula is C22H26O6. The summed E-state index contributed by atoms with van der Waals surface area (Å²) in [6.07, 6.45) is 1.74. The van der Waals surface area contributed by atoms with Gasteiger partial charge in [-0.3, -0.25) is 4.79 Å². The van der Waals surface area contributed by atoms with Gasteiger partial charge in [0, 0.05) is 24.3 Å². The molecule has 0 radical (unpaired) electrons. The third kappa shape index (κ3) is 1.62. The monoisotopic (exact) mass is 386 g/mol. The highest BCUT2D eigenvalue weighted by Gasteiger charge is 2.96. The van der Waals surface area contributed by atoms with Gasteiger partial charge in [0.25, 0.3) is 0 Å². The second-order valence-corrected chi connectivity index (χ2v) is 9.80. The molecule has 150 valence electrons. The fourth-order valence-corrected chi connectivity index (χ4v) is 7.42. The number of hydrogen-bond donors (Lipinski definition) is 0. The predicted molar refractivity (Wildman–Crippen MR) is 97.1 cm³/mol. The Morgan fingerprint density at radius 1 is 1.32 bits per heavy atom. The fourth-order valence-electron chi connectivity index (χ4n) is 7.42. The Morgan fingerprint density at radius 3 is 2.79 bits per heavy atom. The van der Waals surface area contributed by atoms with Gasteiger partial charge < -0.3 is 18.9 Å². The average molecular weight is 386 g/mol. The van der Waals surface area contributed by atoms with E-state index < -0.39 is 16.8 Å². The number of carbonyl (C=O) groups excluding carboxylic acids is 2. The third-order valence-corrected chi connectivity index (χ3v) is 8.34. The van der Waals surface area contributed by atoms with E-state index >= 15 is 0 Å². The van der Waals surface area contributed by atoms with Crippen molar-refractivity contribution in [2.75, 3.05) is 0 Å². The summed E-state index contributed by atoms with van der Waals surface area (Å²) < 4.78 is 24.5. The molecule has 3 saturated carbocycles. The number of epoxide rings is 2. The van der Waals surface area contributed by atoms with Crippen LogP contribution in [-0.2, 0) is 28.5 Å². The Labute approximate surface area is 164 Å². The molecule has 0 unspecified atom stereocenters. The molecule has 28 heavy (non-hydrogen) atoms. The minimum atomic E-state index is -0.603. The first-order valence-electron chi connectivity index (χ1n) is 10.3. The Balaban J connectivity index is 1.56. The summed E-state index contributed by atoms with van der Waals surface area (Å²) in [5.41, 5.74) is 1.44. The van der Waals surface area contributed by atoms with E-state index in [9.17, 15) is 9.59 Å². The van der Waals surface area contributed by atoms with Crippen LogP contribution >= 0.6 is 0 Å². The van der Waals surface area contributed by atoms with Crippen LogP contribution in [0.3, 0.4) is 0 Å². The topological polar surface area (TPSA) is 77.7 Å². The van der Waals surface area contributed by atoms with Gasteiger partial charge in [0.1, 0.15) is 35.1 Å². The number of ether oxygens (including phenoxy) is 4. The van der Waals surface area contributed by atoms with Crippen LogP contribution < -0.4 is 0 Å². The van der Waals surface area contributed by atoms with Crippen molar-refractivity contribution in [1.29, 1.82) is 0 Å². The van der Waals surface area contributed by atoms with Crippen molar-refractivity contribution < 1.29 is 28.5 Å². The molecule has 3 heterocycles. The average Bonchev–Trinajstić information content (AvgIpc) is 3.45. The molecule has 0 aromatic heterocycles. The van der Waals surface area contributed by atoms with Gasteiger partial charge >= 0.3 is 11.9 Å². The maximum absolute atomic E-state index is 12.4. The molecule has 0 aromatic rings.